The number of aryl methyl sites for hydroxylation is 1. The second-order valence-electron chi connectivity index (χ2n) is 3.47. The standard InChI is InChI=1S/C11H18ClN3S/c1-3-10-14-9(12)8-11(15-10)13-6-4-5-7-16-2/h8H,3-7H2,1-2H3,(H,13,14,15). The van der Waals surface area contributed by atoms with E-state index in [0.29, 0.717) is 5.15 Å². The van der Waals surface area contributed by atoms with E-state index >= 15 is 0 Å². The summed E-state index contributed by atoms with van der Waals surface area (Å²) < 4.78 is 0. The lowest BCUT2D eigenvalue weighted by Gasteiger charge is -2.06. The lowest BCUT2D eigenvalue weighted by Crippen LogP contribution is -2.06. The van der Waals surface area contributed by atoms with Gasteiger partial charge < -0.3 is 5.32 Å². The molecule has 16 heavy (non-hydrogen) atoms. The molecule has 0 saturated heterocycles. The molecule has 0 spiro atoms. The van der Waals surface area contributed by atoms with E-state index in [9.17, 15) is 0 Å². The molecule has 0 atom stereocenters. The van der Waals surface area contributed by atoms with Crippen molar-refractivity contribution in [3.05, 3.63) is 17.0 Å². The van der Waals surface area contributed by atoms with E-state index in [1.54, 1.807) is 6.07 Å². The molecular formula is C11H18ClN3S. The van der Waals surface area contributed by atoms with Gasteiger partial charge in [-0.05, 0) is 24.9 Å². The Bertz CT molecular complexity index is 320. The minimum Gasteiger partial charge on any atom is -0.370 e. The predicted molar refractivity (Wildman–Crippen MR) is 72.5 cm³/mol. The highest BCUT2D eigenvalue weighted by molar-refractivity contribution is 7.98. The fourth-order valence-corrected chi connectivity index (χ4v) is 1.99. The quantitative estimate of drug-likeness (QED) is 0.603. The Kier molecular flexibility index (Phi) is 6.57. The zero-order chi connectivity index (χ0) is 11.8. The first-order valence-corrected chi connectivity index (χ1v) is 7.29. The summed E-state index contributed by atoms with van der Waals surface area (Å²) in [5.74, 6) is 2.84. The maximum atomic E-state index is 5.90. The van der Waals surface area contributed by atoms with Crippen LogP contribution in [0.4, 0.5) is 5.82 Å². The summed E-state index contributed by atoms with van der Waals surface area (Å²) >= 11 is 7.78. The SMILES string of the molecule is CCc1nc(Cl)cc(NCCCCSC)n1. The van der Waals surface area contributed by atoms with E-state index < -0.39 is 0 Å². The maximum absolute atomic E-state index is 5.90. The van der Waals surface area contributed by atoms with Gasteiger partial charge in [0, 0.05) is 19.0 Å². The largest absolute Gasteiger partial charge is 0.370 e. The zero-order valence-electron chi connectivity index (χ0n) is 9.79. The van der Waals surface area contributed by atoms with Crippen LogP contribution in [0.1, 0.15) is 25.6 Å². The molecule has 0 aliphatic rings. The van der Waals surface area contributed by atoms with Crippen LogP contribution in [0.15, 0.2) is 6.07 Å². The van der Waals surface area contributed by atoms with E-state index in [2.05, 4.69) is 21.5 Å². The molecule has 1 rings (SSSR count). The second-order valence-corrected chi connectivity index (χ2v) is 4.85. The van der Waals surface area contributed by atoms with Gasteiger partial charge in [-0.15, -0.1) is 0 Å². The van der Waals surface area contributed by atoms with Gasteiger partial charge in [-0.2, -0.15) is 11.8 Å². The molecule has 1 N–H and O–H groups in total. The number of thioether (sulfide) groups is 1. The van der Waals surface area contributed by atoms with Crippen LogP contribution in [0.2, 0.25) is 5.15 Å². The first-order chi connectivity index (χ1) is 7.76. The molecule has 0 aromatic carbocycles. The number of aromatic nitrogens is 2. The van der Waals surface area contributed by atoms with Crippen LogP contribution >= 0.6 is 23.4 Å². The fourth-order valence-electron chi connectivity index (χ4n) is 1.30. The van der Waals surface area contributed by atoms with Gasteiger partial charge in [0.1, 0.15) is 16.8 Å². The number of halogens is 1. The molecule has 90 valence electrons. The number of nitrogens with zero attached hydrogens (tertiary/aromatic N) is 2. The summed E-state index contributed by atoms with van der Waals surface area (Å²) in [6, 6.07) is 1.77. The molecule has 1 aromatic rings. The minimum absolute atomic E-state index is 0.512. The number of unbranched alkanes of at least 4 members (excludes halogenated alkanes) is 1. The average Bonchev–Trinajstić information content (AvgIpc) is 2.28. The third kappa shape index (κ3) is 5.03. The van der Waals surface area contributed by atoms with Crippen molar-refractivity contribution in [2.24, 2.45) is 0 Å². The van der Waals surface area contributed by atoms with Gasteiger partial charge in [0.15, 0.2) is 0 Å². The van der Waals surface area contributed by atoms with Crippen molar-refractivity contribution < 1.29 is 0 Å². The van der Waals surface area contributed by atoms with Gasteiger partial charge in [-0.25, -0.2) is 9.97 Å². The van der Waals surface area contributed by atoms with Crippen molar-refractivity contribution in [3.8, 4) is 0 Å². The molecule has 0 aliphatic heterocycles. The van der Waals surface area contributed by atoms with Crippen LogP contribution in [0.25, 0.3) is 0 Å². The second kappa shape index (κ2) is 7.74. The number of anilines is 1. The molecule has 0 fully saturated rings. The molecule has 0 radical (unpaired) electrons. The van der Waals surface area contributed by atoms with Crippen LogP contribution in [0, 0.1) is 0 Å². The first kappa shape index (κ1) is 13.6. The summed E-state index contributed by atoms with van der Waals surface area (Å²) in [5.41, 5.74) is 0. The molecule has 0 saturated carbocycles. The zero-order valence-corrected chi connectivity index (χ0v) is 11.4. The smallest absolute Gasteiger partial charge is 0.134 e. The van der Waals surface area contributed by atoms with E-state index in [1.165, 1.54) is 12.2 Å². The van der Waals surface area contributed by atoms with Gasteiger partial charge in [0.2, 0.25) is 0 Å². The molecule has 0 unspecified atom stereocenters. The van der Waals surface area contributed by atoms with E-state index in [-0.39, 0.29) is 0 Å². The molecule has 1 heterocycles. The van der Waals surface area contributed by atoms with Crippen LogP contribution < -0.4 is 5.32 Å². The van der Waals surface area contributed by atoms with Crippen LogP contribution in [0.5, 0.6) is 0 Å². The number of hydrogen-bond acceptors (Lipinski definition) is 4. The van der Waals surface area contributed by atoms with Gasteiger partial charge in [-0.1, -0.05) is 18.5 Å². The summed E-state index contributed by atoms with van der Waals surface area (Å²) in [4.78, 5) is 8.48. The van der Waals surface area contributed by atoms with Crippen molar-refractivity contribution in [1.82, 2.24) is 9.97 Å². The Hall–Kier alpha value is -0.480. The van der Waals surface area contributed by atoms with Gasteiger partial charge in [0.25, 0.3) is 0 Å². The van der Waals surface area contributed by atoms with Crippen molar-refractivity contribution in [2.45, 2.75) is 26.2 Å². The lowest BCUT2D eigenvalue weighted by atomic mass is 10.3. The van der Waals surface area contributed by atoms with Gasteiger partial charge in [-0.3, -0.25) is 0 Å². The van der Waals surface area contributed by atoms with Crippen molar-refractivity contribution in [3.63, 3.8) is 0 Å². The molecular weight excluding hydrogens is 242 g/mol. The fraction of sp³-hybridized carbons (Fsp3) is 0.636. The highest BCUT2D eigenvalue weighted by Gasteiger charge is 2.00. The summed E-state index contributed by atoms with van der Waals surface area (Å²) in [6.45, 7) is 2.96. The van der Waals surface area contributed by atoms with E-state index in [0.717, 1.165) is 31.0 Å². The third-order valence-corrected chi connectivity index (χ3v) is 3.03. The monoisotopic (exact) mass is 259 g/mol. The molecule has 0 bridgehead atoms. The topological polar surface area (TPSA) is 37.8 Å². The number of nitrogens with one attached hydrogen (secondary N) is 1. The van der Waals surface area contributed by atoms with E-state index in [4.69, 9.17) is 11.6 Å². The first-order valence-electron chi connectivity index (χ1n) is 5.52. The molecule has 3 nitrogen and oxygen atoms in total. The molecule has 0 aliphatic carbocycles. The highest BCUT2D eigenvalue weighted by atomic mass is 35.5. The lowest BCUT2D eigenvalue weighted by molar-refractivity contribution is 0.834. The van der Waals surface area contributed by atoms with Crippen molar-refractivity contribution in [2.75, 3.05) is 23.9 Å². The Labute approximate surface area is 106 Å². The van der Waals surface area contributed by atoms with Crippen molar-refractivity contribution >= 4 is 29.2 Å². The van der Waals surface area contributed by atoms with Crippen LogP contribution in [-0.2, 0) is 6.42 Å². The summed E-state index contributed by atoms with van der Waals surface area (Å²) in [5, 5.41) is 3.79. The number of hydrogen-bond donors (Lipinski definition) is 1. The van der Waals surface area contributed by atoms with Crippen molar-refractivity contribution in [1.29, 1.82) is 0 Å². The highest BCUT2D eigenvalue weighted by Crippen LogP contribution is 2.12. The maximum Gasteiger partial charge on any atom is 0.134 e. The van der Waals surface area contributed by atoms with E-state index in [1.807, 2.05) is 18.7 Å². The minimum atomic E-state index is 0.512. The van der Waals surface area contributed by atoms with Crippen LogP contribution in [0.3, 0.4) is 0 Å². The Morgan fingerprint density at radius 1 is 1.38 bits per heavy atom. The number of rotatable bonds is 7. The summed E-state index contributed by atoms with van der Waals surface area (Å²) in [6.07, 6.45) is 5.32. The molecule has 0 amide bonds. The summed E-state index contributed by atoms with van der Waals surface area (Å²) in [7, 11) is 0. The molecule has 5 heteroatoms. The Morgan fingerprint density at radius 3 is 2.88 bits per heavy atom. The normalized spacial score (nSPS) is 10.4. The Balaban J connectivity index is 2.38. The Morgan fingerprint density at radius 2 is 2.19 bits per heavy atom. The molecule has 1 aromatic heterocycles. The van der Waals surface area contributed by atoms with Crippen LogP contribution in [-0.4, -0.2) is 28.5 Å². The average molecular weight is 260 g/mol. The van der Waals surface area contributed by atoms with Gasteiger partial charge >= 0.3 is 0 Å². The third-order valence-electron chi connectivity index (χ3n) is 2.14. The predicted octanol–water partition coefficient (Wildman–Crippen LogP) is 3.25. The van der Waals surface area contributed by atoms with Gasteiger partial charge in [0.05, 0.1) is 0 Å².